The Hall–Kier alpha value is -1.11. The minimum Gasteiger partial charge on any atom is -0.207 e. The molecule has 1 aliphatic rings. The molecule has 68 valence electrons. The SMILES string of the molecule is CCCC1=CCc2cc(F)ccc21. The van der Waals surface area contributed by atoms with E-state index >= 15 is 0 Å². The molecule has 0 nitrogen and oxygen atoms in total. The Morgan fingerprint density at radius 3 is 3.00 bits per heavy atom. The van der Waals surface area contributed by atoms with E-state index in [9.17, 15) is 4.39 Å². The number of hydrogen-bond donors (Lipinski definition) is 0. The Bertz CT molecular complexity index is 350. The van der Waals surface area contributed by atoms with Crippen LogP contribution in [0.4, 0.5) is 4.39 Å². The van der Waals surface area contributed by atoms with Crippen molar-refractivity contribution in [3.8, 4) is 0 Å². The molecule has 0 N–H and O–H groups in total. The molecule has 0 saturated carbocycles. The van der Waals surface area contributed by atoms with E-state index in [0.29, 0.717) is 0 Å². The van der Waals surface area contributed by atoms with Gasteiger partial charge in [-0.3, -0.25) is 0 Å². The van der Waals surface area contributed by atoms with Gasteiger partial charge in [-0.2, -0.15) is 0 Å². The monoisotopic (exact) mass is 176 g/mol. The summed E-state index contributed by atoms with van der Waals surface area (Å²) in [7, 11) is 0. The van der Waals surface area contributed by atoms with E-state index in [1.165, 1.54) is 11.1 Å². The molecule has 1 aliphatic carbocycles. The zero-order valence-corrected chi connectivity index (χ0v) is 7.81. The normalized spacial score (nSPS) is 14.2. The van der Waals surface area contributed by atoms with Crippen molar-refractivity contribution < 1.29 is 4.39 Å². The highest BCUT2D eigenvalue weighted by atomic mass is 19.1. The molecule has 0 amide bonds. The molecule has 0 radical (unpaired) electrons. The van der Waals surface area contributed by atoms with Crippen LogP contribution in [0.3, 0.4) is 0 Å². The molecule has 0 fully saturated rings. The quantitative estimate of drug-likeness (QED) is 0.646. The predicted octanol–water partition coefficient (Wildman–Crippen LogP) is 3.57. The van der Waals surface area contributed by atoms with Crippen molar-refractivity contribution in [3.63, 3.8) is 0 Å². The van der Waals surface area contributed by atoms with Crippen LogP contribution in [0.15, 0.2) is 24.3 Å². The fourth-order valence-electron chi connectivity index (χ4n) is 1.89. The van der Waals surface area contributed by atoms with Gasteiger partial charge in [0.05, 0.1) is 0 Å². The van der Waals surface area contributed by atoms with Gasteiger partial charge in [-0.25, -0.2) is 4.39 Å². The van der Waals surface area contributed by atoms with Crippen LogP contribution in [-0.2, 0) is 6.42 Å². The summed E-state index contributed by atoms with van der Waals surface area (Å²) >= 11 is 0. The topological polar surface area (TPSA) is 0 Å². The van der Waals surface area contributed by atoms with Crippen molar-refractivity contribution in [1.29, 1.82) is 0 Å². The van der Waals surface area contributed by atoms with Gasteiger partial charge in [0.15, 0.2) is 0 Å². The Kier molecular flexibility index (Phi) is 2.17. The van der Waals surface area contributed by atoms with E-state index in [2.05, 4.69) is 13.0 Å². The summed E-state index contributed by atoms with van der Waals surface area (Å²) in [4.78, 5) is 0. The second kappa shape index (κ2) is 3.33. The van der Waals surface area contributed by atoms with Crippen LogP contribution < -0.4 is 0 Å². The third-order valence-corrected chi connectivity index (χ3v) is 2.50. The van der Waals surface area contributed by atoms with Crippen molar-refractivity contribution in [1.82, 2.24) is 0 Å². The zero-order valence-electron chi connectivity index (χ0n) is 7.81. The van der Waals surface area contributed by atoms with E-state index in [1.54, 1.807) is 12.1 Å². The molecular weight excluding hydrogens is 163 g/mol. The highest BCUT2D eigenvalue weighted by Crippen LogP contribution is 2.30. The van der Waals surface area contributed by atoms with Crippen molar-refractivity contribution in [3.05, 3.63) is 41.2 Å². The van der Waals surface area contributed by atoms with Crippen LogP contribution >= 0.6 is 0 Å². The molecular formula is C12H13F. The number of allylic oxidation sites excluding steroid dienone is 2. The summed E-state index contributed by atoms with van der Waals surface area (Å²) in [5.41, 5.74) is 3.78. The lowest BCUT2D eigenvalue weighted by Gasteiger charge is -2.03. The van der Waals surface area contributed by atoms with Crippen molar-refractivity contribution in [2.45, 2.75) is 26.2 Å². The van der Waals surface area contributed by atoms with Gasteiger partial charge in [0.2, 0.25) is 0 Å². The van der Waals surface area contributed by atoms with Gasteiger partial charge in [0.25, 0.3) is 0 Å². The highest BCUT2D eigenvalue weighted by Gasteiger charge is 2.13. The maximum Gasteiger partial charge on any atom is 0.123 e. The molecule has 1 heteroatoms. The number of hydrogen-bond acceptors (Lipinski definition) is 0. The summed E-state index contributed by atoms with van der Waals surface area (Å²) in [6, 6.07) is 5.10. The smallest absolute Gasteiger partial charge is 0.123 e. The standard InChI is InChI=1S/C12H13F/c1-2-3-9-4-5-10-8-11(13)6-7-12(9)10/h4,6-8H,2-3,5H2,1H3. The van der Waals surface area contributed by atoms with Crippen LogP contribution in [0.5, 0.6) is 0 Å². The van der Waals surface area contributed by atoms with Gasteiger partial charge in [-0.05, 0) is 41.7 Å². The zero-order chi connectivity index (χ0) is 9.26. The Labute approximate surface area is 78.1 Å². The molecule has 0 aromatic heterocycles. The van der Waals surface area contributed by atoms with Crippen LogP contribution in [0, 0.1) is 5.82 Å². The first-order valence-electron chi connectivity index (χ1n) is 4.79. The minimum absolute atomic E-state index is 0.120. The van der Waals surface area contributed by atoms with Crippen molar-refractivity contribution >= 4 is 5.57 Å². The van der Waals surface area contributed by atoms with Gasteiger partial charge < -0.3 is 0 Å². The maximum absolute atomic E-state index is 12.9. The molecule has 0 saturated heterocycles. The number of halogens is 1. The Balaban J connectivity index is 2.34. The average Bonchev–Trinajstić information content (AvgIpc) is 2.49. The second-order valence-electron chi connectivity index (χ2n) is 3.48. The highest BCUT2D eigenvalue weighted by molar-refractivity contribution is 5.72. The molecule has 0 aliphatic heterocycles. The predicted molar refractivity (Wildman–Crippen MR) is 53.0 cm³/mol. The first-order valence-corrected chi connectivity index (χ1v) is 4.79. The summed E-state index contributed by atoms with van der Waals surface area (Å²) in [5.74, 6) is -0.120. The maximum atomic E-state index is 12.9. The van der Waals surface area contributed by atoms with Gasteiger partial charge in [-0.1, -0.05) is 25.5 Å². The lowest BCUT2D eigenvalue weighted by molar-refractivity contribution is 0.626. The summed E-state index contributed by atoms with van der Waals surface area (Å²) < 4.78 is 12.9. The number of rotatable bonds is 2. The van der Waals surface area contributed by atoms with Crippen molar-refractivity contribution in [2.75, 3.05) is 0 Å². The number of fused-ring (bicyclic) bond motifs is 1. The molecule has 0 bridgehead atoms. The summed E-state index contributed by atoms with van der Waals surface area (Å²) in [6.45, 7) is 2.17. The first kappa shape index (κ1) is 8.49. The fraction of sp³-hybridized carbons (Fsp3) is 0.333. The summed E-state index contributed by atoms with van der Waals surface area (Å²) in [6.07, 6.45) is 5.39. The van der Waals surface area contributed by atoms with E-state index in [0.717, 1.165) is 24.8 Å². The van der Waals surface area contributed by atoms with E-state index in [-0.39, 0.29) is 5.82 Å². The number of benzene rings is 1. The molecule has 2 rings (SSSR count). The molecule has 0 atom stereocenters. The van der Waals surface area contributed by atoms with Gasteiger partial charge in [0.1, 0.15) is 5.82 Å². The molecule has 0 spiro atoms. The van der Waals surface area contributed by atoms with E-state index in [4.69, 9.17) is 0 Å². The Morgan fingerprint density at radius 1 is 1.38 bits per heavy atom. The van der Waals surface area contributed by atoms with Gasteiger partial charge in [-0.15, -0.1) is 0 Å². The lowest BCUT2D eigenvalue weighted by Crippen LogP contribution is -1.86. The molecule has 13 heavy (non-hydrogen) atoms. The fourth-order valence-corrected chi connectivity index (χ4v) is 1.89. The first-order chi connectivity index (χ1) is 6.31. The van der Waals surface area contributed by atoms with Crippen molar-refractivity contribution in [2.24, 2.45) is 0 Å². The lowest BCUT2D eigenvalue weighted by atomic mass is 10.0. The van der Waals surface area contributed by atoms with Crippen LogP contribution in [0.1, 0.15) is 30.9 Å². The van der Waals surface area contributed by atoms with Crippen LogP contribution in [0.2, 0.25) is 0 Å². The third kappa shape index (κ3) is 1.51. The molecule has 0 heterocycles. The largest absolute Gasteiger partial charge is 0.207 e. The second-order valence-corrected chi connectivity index (χ2v) is 3.48. The van der Waals surface area contributed by atoms with Gasteiger partial charge in [0, 0.05) is 0 Å². The molecule has 1 aromatic rings. The summed E-state index contributed by atoms with van der Waals surface area (Å²) in [5, 5.41) is 0. The van der Waals surface area contributed by atoms with Crippen LogP contribution in [0.25, 0.3) is 5.57 Å². The molecule has 1 aromatic carbocycles. The van der Waals surface area contributed by atoms with Crippen LogP contribution in [-0.4, -0.2) is 0 Å². The van der Waals surface area contributed by atoms with E-state index in [1.807, 2.05) is 6.07 Å². The average molecular weight is 176 g/mol. The minimum atomic E-state index is -0.120. The molecule has 0 unspecified atom stereocenters. The van der Waals surface area contributed by atoms with Gasteiger partial charge >= 0.3 is 0 Å². The van der Waals surface area contributed by atoms with E-state index < -0.39 is 0 Å². The third-order valence-electron chi connectivity index (χ3n) is 2.50. The Morgan fingerprint density at radius 2 is 2.23 bits per heavy atom.